The Morgan fingerprint density at radius 2 is 1.71 bits per heavy atom. The van der Waals surface area contributed by atoms with E-state index in [2.05, 4.69) is 19.2 Å². The van der Waals surface area contributed by atoms with Crippen molar-refractivity contribution >= 4 is 34.0 Å². The number of amides is 1. The van der Waals surface area contributed by atoms with Gasteiger partial charge in [-0.2, -0.15) is 0 Å². The van der Waals surface area contributed by atoms with Gasteiger partial charge in [-0.25, -0.2) is 0 Å². The third-order valence-corrected chi connectivity index (χ3v) is 5.54. The molecule has 0 heterocycles. The van der Waals surface area contributed by atoms with Crippen LogP contribution < -0.4 is 10.1 Å². The number of hydrogen-bond acceptors (Lipinski definition) is 2. The third kappa shape index (κ3) is 3.59. The molecule has 1 N–H and O–H groups in total. The number of benzene rings is 3. The lowest BCUT2D eigenvalue weighted by Crippen LogP contribution is -2.27. The molecule has 4 heteroatoms. The van der Waals surface area contributed by atoms with Crippen LogP contribution in [0.4, 0.5) is 5.69 Å². The maximum Gasteiger partial charge on any atom is 0.235 e. The van der Waals surface area contributed by atoms with Gasteiger partial charge in [0.05, 0.1) is 12.0 Å². The molecule has 0 unspecified atom stereocenters. The number of ether oxygens (including phenoxy) is 1. The van der Waals surface area contributed by atoms with Crippen molar-refractivity contribution in [3.8, 4) is 5.75 Å². The SMILES string of the molecule is CC(C)COc1ccc(NC(=O)C2(c3ccc(Cl)cc3)CC2)c2ccccc12. The largest absolute Gasteiger partial charge is 0.493 e. The fourth-order valence-electron chi connectivity index (χ4n) is 3.55. The Kier molecular flexibility index (Phi) is 5.03. The molecule has 0 aliphatic heterocycles. The van der Waals surface area contributed by atoms with E-state index in [0.717, 1.165) is 40.6 Å². The summed E-state index contributed by atoms with van der Waals surface area (Å²) in [6.45, 7) is 4.92. The summed E-state index contributed by atoms with van der Waals surface area (Å²) in [5.74, 6) is 1.34. The molecule has 0 bridgehead atoms. The predicted molar refractivity (Wildman–Crippen MR) is 115 cm³/mol. The third-order valence-electron chi connectivity index (χ3n) is 5.29. The smallest absolute Gasteiger partial charge is 0.235 e. The van der Waals surface area contributed by atoms with E-state index >= 15 is 0 Å². The highest BCUT2D eigenvalue weighted by atomic mass is 35.5. The van der Waals surface area contributed by atoms with Crippen molar-refractivity contribution in [3.63, 3.8) is 0 Å². The molecule has 28 heavy (non-hydrogen) atoms. The number of hydrogen-bond donors (Lipinski definition) is 1. The number of halogens is 1. The molecule has 1 amide bonds. The molecule has 1 aliphatic rings. The van der Waals surface area contributed by atoms with Crippen molar-refractivity contribution in [1.29, 1.82) is 0 Å². The van der Waals surface area contributed by atoms with E-state index in [9.17, 15) is 4.79 Å². The van der Waals surface area contributed by atoms with E-state index in [1.165, 1.54) is 0 Å². The zero-order valence-electron chi connectivity index (χ0n) is 16.2. The van der Waals surface area contributed by atoms with Crippen molar-refractivity contribution in [2.24, 2.45) is 5.92 Å². The maximum absolute atomic E-state index is 13.2. The van der Waals surface area contributed by atoms with Crippen LogP contribution in [0.1, 0.15) is 32.3 Å². The Morgan fingerprint density at radius 1 is 1.04 bits per heavy atom. The van der Waals surface area contributed by atoms with Crippen molar-refractivity contribution in [1.82, 2.24) is 0 Å². The van der Waals surface area contributed by atoms with Gasteiger partial charge in [-0.1, -0.05) is 61.8 Å². The van der Waals surface area contributed by atoms with E-state index in [1.807, 2.05) is 60.7 Å². The summed E-state index contributed by atoms with van der Waals surface area (Å²) >= 11 is 6.00. The summed E-state index contributed by atoms with van der Waals surface area (Å²) in [4.78, 5) is 13.2. The molecule has 3 nitrogen and oxygen atoms in total. The number of rotatable bonds is 6. The Labute approximate surface area is 170 Å². The topological polar surface area (TPSA) is 38.3 Å². The summed E-state index contributed by atoms with van der Waals surface area (Å²) in [6, 6.07) is 19.5. The number of fused-ring (bicyclic) bond motifs is 1. The van der Waals surface area contributed by atoms with Crippen LogP contribution in [0.5, 0.6) is 5.75 Å². The highest BCUT2D eigenvalue weighted by Crippen LogP contribution is 2.49. The predicted octanol–water partition coefficient (Wildman–Crippen LogP) is 6.20. The monoisotopic (exact) mass is 393 g/mol. The van der Waals surface area contributed by atoms with Crippen molar-refractivity contribution < 1.29 is 9.53 Å². The second-order valence-electron chi connectivity index (χ2n) is 7.90. The number of anilines is 1. The van der Waals surface area contributed by atoms with Crippen LogP contribution in [0.15, 0.2) is 60.7 Å². The normalized spacial score (nSPS) is 14.9. The Balaban J connectivity index is 1.62. The Morgan fingerprint density at radius 3 is 2.36 bits per heavy atom. The van der Waals surface area contributed by atoms with E-state index in [4.69, 9.17) is 16.3 Å². The van der Waals surface area contributed by atoms with E-state index in [1.54, 1.807) is 0 Å². The van der Waals surface area contributed by atoms with Crippen molar-refractivity contribution in [3.05, 3.63) is 71.2 Å². The zero-order chi connectivity index (χ0) is 19.7. The average molecular weight is 394 g/mol. The van der Waals surface area contributed by atoms with E-state index in [-0.39, 0.29) is 5.91 Å². The lowest BCUT2D eigenvalue weighted by atomic mass is 9.94. The van der Waals surface area contributed by atoms with Crippen molar-refractivity contribution in [2.75, 3.05) is 11.9 Å². The molecule has 0 atom stereocenters. The fourth-order valence-corrected chi connectivity index (χ4v) is 3.67. The van der Waals surface area contributed by atoms with Gasteiger partial charge in [-0.3, -0.25) is 4.79 Å². The molecule has 0 radical (unpaired) electrons. The molecule has 0 aromatic heterocycles. The van der Waals surface area contributed by atoms with Gasteiger partial charge in [-0.05, 0) is 48.6 Å². The van der Waals surface area contributed by atoms with Gasteiger partial charge >= 0.3 is 0 Å². The minimum absolute atomic E-state index is 0.0378. The van der Waals surface area contributed by atoms with Crippen molar-refractivity contribution in [2.45, 2.75) is 32.1 Å². The zero-order valence-corrected chi connectivity index (χ0v) is 16.9. The van der Waals surface area contributed by atoms with Crippen LogP contribution in [0.3, 0.4) is 0 Å². The van der Waals surface area contributed by atoms with Crippen LogP contribution in [0.2, 0.25) is 5.02 Å². The van der Waals surface area contributed by atoms with Gasteiger partial charge in [0, 0.05) is 21.5 Å². The highest BCUT2D eigenvalue weighted by Gasteiger charge is 2.51. The van der Waals surface area contributed by atoms with Gasteiger partial charge < -0.3 is 10.1 Å². The van der Waals surface area contributed by atoms with Crippen LogP contribution in [0.25, 0.3) is 10.8 Å². The second-order valence-corrected chi connectivity index (χ2v) is 8.34. The second kappa shape index (κ2) is 7.48. The summed E-state index contributed by atoms with van der Waals surface area (Å²) in [5.41, 5.74) is 1.40. The minimum atomic E-state index is -0.446. The number of carbonyl (C=O) groups excluding carboxylic acids is 1. The van der Waals surface area contributed by atoms with Gasteiger partial charge in [0.2, 0.25) is 5.91 Å². The molecule has 3 aromatic rings. The molecule has 3 aromatic carbocycles. The first-order valence-electron chi connectivity index (χ1n) is 9.72. The van der Waals surface area contributed by atoms with Crippen LogP contribution in [0, 0.1) is 5.92 Å². The van der Waals surface area contributed by atoms with Crippen LogP contribution in [-0.4, -0.2) is 12.5 Å². The maximum atomic E-state index is 13.2. The standard InChI is InChI=1S/C24H24ClNO2/c1-16(2)15-28-22-12-11-21(19-5-3-4-6-20(19)22)26-23(27)24(13-14-24)17-7-9-18(25)10-8-17/h3-12,16H,13-15H2,1-2H3,(H,26,27). The van der Waals surface area contributed by atoms with E-state index < -0.39 is 5.41 Å². The number of nitrogens with one attached hydrogen (secondary N) is 1. The summed E-state index contributed by atoms with van der Waals surface area (Å²) in [5, 5.41) is 5.85. The average Bonchev–Trinajstić information content (AvgIpc) is 3.50. The summed E-state index contributed by atoms with van der Waals surface area (Å²) in [6.07, 6.45) is 1.71. The van der Waals surface area contributed by atoms with Gasteiger partial charge in [-0.15, -0.1) is 0 Å². The highest BCUT2D eigenvalue weighted by molar-refractivity contribution is 6.30. The molecule has 0 spiro atoms. The van der Waals surface area contributed by atoms with Gasteiger partial charge in [0.25, 0.3) is 0 Å². The fraction of sp³-hybridized carbons (Fsp3) is 0.292. The molecular formula is C24H24ClNO2. The summed E-state index contributed by atoms with van der Waals surface area (Å²) in [7, 11) is 0. The lowest BCUT2D eigenvalue weighted by molar-refractivity contribution is -0.118. The molecule has 0 saturated heterocycles. The molecule has 4 rings (SSSR count). The molecule has 1 saturated carbocycles. The first-order chi connectivity index (χ1) is 13.5. The molecule has 144 valence electrons. The molecular weight excluding hydrogens is 370 g/mol. The van der Waals surface area contributed by atoms with Crippen LogP contribution >= 0.6 is 11.6 Å². The number of carbonyl (C=O) groups is 1. The first-order valence-corrected chi connectivity index (χ1v) is 10.1. The van der Waals surface area contributed by atoms with Crippen LogP contribution in [-0.2, 0) is 10.2 Å². The summed E-state index contributed by atoms with van der Waals surface area (Å²) < 4.78 is 5.98. The van der Waals surface area contributed by atoms with E-state index in [0.29, 0.717) is 17.5 Å². The lowest BCUT2D eigenvalue weighted by Gasteiger charge is -2.18. The van der Waals surface area contributed by atoms with Gasteiger partial charge in [0.1, 0.15) is 5.75 Å². The Bertz CT molecular complexity index is 1010. The minimum Gasteiger partial charge on any atom is -0.493 e. The molecule has 1 fully saturated rings. The quantitative estimate of drug-likeness (QED) is 0.541. The molecule has 1 aliphatic carbocycles. The Hall–Kier alpha value is -2.52. The van der Waals surface area contributed by atoms with Gasteiger partial charge in [0.15, 0.2) is 0 Å². The first kappa shape index (κ1) is 18.8.